The largest absolute Gasteiger partial charge is 0.543 e. The van der Waals surface area contributed by atoms with Crippen molar-refractivity contribution in [3.63, 3.8) is 0 Å². The number of alkyl carbamates (subject to hydrolysis) is 1. The number of fused-ring (bicyclic) bond motifs is 1. The molecule has 0 aliphatic carbocycles. The quantitative estimate of drug-likeness (QED) is 0.172. The van der Waals surface area contributed by atoms with Crippen LogP contribution in [0.2, 0.25) is 36.3 Å². The van der Waals surface area contributed by atoms with Crippen LogP contribution in [0.3, 0.4) is 0 Å². The lowest BCUT2D eigenvalue weighted by molar-refractivity contribution is -0.124. The Morgan fingerprint density at radius 2 is 1.53 bits per heavy atom. The lowest BCUT2D eigenvalue weighted by atomic mass is 10.0. The Morgan fingerprint density at radius 3 is 2.02 bits per heavy atom. The molecule has 2 amide bonds. The van der Waals surface area contributed by atoms with E-state index < -0.39 is 46.2 Å². The van der Waals surface area contributed by atoms with Crippen LogP contribution in [-0.4, -0.2) is 70.0 Å². The van der Waals surface area contributed by atoms with Gasteiger partial charge in [-0.2, -0.15) is 11.8 Å². The van der Waals surface area contributed by atoms with Gasteiger partial charge in [-0.25, -0.2) is 9.59 Å². The van der Waals surface area contributed by atoms with Crippen molar-refractivity contribution in [2.24, 2.45) is 0 Å². The summed E-state index contributed by atoms with van der Waals surface area (Å²) in [7, 11) is -4.65. The highest BCUT2D eigenvalue weighted by Crippen LogP contribution is 2.45. The van der Waals surface area contributed by atoms with Gasteiger partial charge in [0, 0.05) is 40.1 Å². The SMILES string of the molecule is Cc1c(O[Si](C)(C)C(C)(C)C)cc(O[Si](C)(C)C(C)(C)C)c2c1C(=O)OC[C@H](NC(=O)OC(C)(C)C)C(=O)N[C@@H](CBr)CSC2. The van der Waals surface area contributed by atoms with Crippen LogP contribution in [0.25, 0.3) is 0 Å². The van der Waals surface area contributed by atoms with E-state index in [0.717, 1.165) is 5.56 Å². The number of halogens is 1. The fourth-order valence-electron chi connectivity index (χ4n) is 3.85. The van der Waals surface area contributed by atoms with Crippen LogP contribution < -0.4 is 19.5 Å². The fraction of sp³-hybridized carbons (Fsp3) is 0.719. The molecule has 256 valence electrons. The standard InChI is InChI=1S/C32H55BrN2O7SSi2/c1-20-24(41-44(11,12)31(5,6)7)15-25(42-45(13,14)32(8,9)10)22-19-43-18-21(16-33)34-27(36)23(17-39-28(37)26(20)22)35-29(38)40-30(2,3)4/h15,21,23H,16-19H2,1-14H3,(H,34,36)(H,35,38)/t21-,23-/m0/s1. The molecule has 45 heavy (non-hydrogen) atoms. The van der Waals surface area contributed by atoms with Gasteiger partial charge >= 0.3 is 12.1 Å². The molecule has 0 spiro atoms. The number of ether oxygens (including phenoxy) is 2. The first-order valence-electron chi connectivity index (χ1n) is 15.4. The van der Waals surface area contributed by atoms with Gasteiger partial charge in [0.1, 0.15) is 29.7 Å². The summed E-state index contributed by atoms with van der Waals surface area (Å²) in [4.78, 5) is 40.0. The second-order valence-corrected chi connectivity index (χ2v) is 26.9. The van der Waals surface area contributed by atoms with E-state index in [9.17, 15) is 14.4 Å². The average Bonchev–Trinajstić information content (AvgIpc) is 2.84. The van der Waals surface area contributed by atoms with Crippen molar-refractivity contribution < 1.29 is 32.7 Å². The number of thioether (sulfide) groups is 1. The first-order chi connectivity index (χ1) is 20.3. The minimum absolute atomic E-state index is 0.0787. The van der Waals surface area contributed by atoms with Gasteiger partial charge in [0.15, 0.2) is 0 Å². The van der Waals surface area contributed by atoms with Crippen LogP contribution in [0.1, 0.15) is 83.8 Å². The smallest absolute Gasteiger partial charge is 0.408 e. The molecule has 0 bridgehead atoms. The lowest BCUT2D eigenvalue weighted by Crippen LogP contribution is -2.53. The first-order valence-corrected chi connectivity index (χ1v) is 23.5. The van der Waals surface area contributed by atoms with E-state index in [-0.39, 0.29) is 22.7 Å². The first kappa shape index (κ1) is 39.5. The maximum atomic E-state index is 14.1. The van der Waals surface area contributed by atoms with Crippen molar-refractivity contribution in [1.29, 1.82) is 0 Å². The van der Waals surface area contributed by atoms with Gasteiger partial charge in [-0.1, -0.05) is 57.5 Å². The van der Waals surface area contributed by atoms with E-state index in [1.54, 1.807) is 32.5 Å². The molecule has 0 aromatic heterocycles. The molecule has 0 saturated heterocycles. The van der Waals surface area contributed by atoms with Crippen molar-refractivity contribution in [2.75, 3.05) is 17.7 Å². The number of hydrogen-bond donors (Lipinski definition) is 2. The third kappa shape index (κ3) is 10.7. The highest BCUT2D eigenvalue weighted by molar-refractivity contribution is 9.09. The Kier molecular flexibility index (Phi) is 12.8. The van der Waals surface area contributed by atoms with Crippen molar-refractivity contribution in [1.82, 2.24) is 10.6 Å². The summed E-state index contributed by atoms with van der Waals surface area (Å²) in [6.07, 6.45) is -0.776. The monoisotopic (exact) mass is 746 g/mol. The molecule has 0 unspecified atom stereocenters. The summed E-state index contributed by atoms with van der Waals surface area (Å²) in [6.45, 7) is 28.4. The zero-order chi connectivity index (χ0) is 34.8. The van der Waals surface area contributed by atoms with E-state index >= 15 is 0 Å². The number of carbonyl (C=O) groups is 3. The zero-order valence-electron chi connectivity index (χ0n) is 29.7. The van der Waals surface area contributed by atoms with E-state index in [4.69, 9.17) is 18.3 Å². The number of cyclic esters (lactones) is 1. The van der Waals surface area contributed by atoms with Crippen LogP contribution >= 0.6 is 27.7 Å². The molecule has 13 heteroatoms. The van der Waals surface area contributed by atoms with Gasteiger partial charge < -0.3 is 29.0 Å². The minimum atomic E-state index is -2.34. The van der Waals surface area contributed by atoms with Crippen molar-refractivity contribution in [2.45, 2.75) is 129 Å². The normalized spacial score (nSPS) is 19.3. The molecular formula is C32H55BrN2O7SSi2. The number of benzene rings is 1. The highest BCUT2D eigenvalue weighted by atomic mass is 79.9. The van der Waals surface area contributed by atoms with Crippen LogP contribution in [-0.2, 0) is 20.0 Å². The third-order valence-corrected chi connectivity index (χ3v) is 19.2. The van der Waals surface area contributed by atoms with Crippen molar-refractivity contribution >= 4 is 62.3 Å². The van der Waals surface area contributed by atoms with Crippen LogP contribution in [0.15, 0.2) is 6.07 Å². The number of alkyl halides is 1. The molecule has 1 heterocycles. The summed E-state index contributed by atoms with van der Waals surface area (Å²) in [5, 5.41) is 5.89. The molecule has 1 aromatic carbocycles. The molecule has 1 aliphatic heterocycles. The second-order valence-electron chi connectivity index (χ2n) is 15.7. The lowest BCUT2D eigenvalue weighted by Gasteiger charge is -2.39. The van der Waals surface area contributed by atoms with Gasteiger partial charge in [-0.3, -0.25) is 4.79 Å². The van der Waals surface area contributed by atoms with Gasteiger partial charge in [0.2, 0.25) is 22.5 Å². The minimum Gasteiger partial charge on any atom is -0.543 e. The summed E-state index contributed by atoms with van der Waals surface area (Å²) in [6, 6.07) is 0.565. The maximum Gasteiger partial charge on any atom is 0.408 e. The molecule has 2 rings (SSSR count). The number of hydrogen-bond acceptors (Lipinski definition) is 8. The Morgan fingerprint density at radius 1 is 1.00 bits per heavy atom. The van der Waals surface area contributed by atoms with E-state index in [0.29, 0.717) is 39.5 Å². The maximum absolute atomic E-state index is 14.1. The van der Waals surface area contributed by atoms with E-state index in [1.807, 2.05) is 13.0 Å². The molecule has 0 fully saturated rings. The van der Waals surface area contributed by atoms with Gasteiger partial charge in [0.05, 0.1) is 5.56 Å². The van der Waals surface area contributed by atoms with Crippen LogP contribution in [0, 0.1) is 6.92 Å². The number of esters is 1. The molecular weight excluding hydrogens is 693 g/mol. The Labute approximate surface area is 285 Å². The molecule has 2 atom stereocenters. The summed E-state index contributed by atoms with van der Waals surface area (Å²) in [5.41, 5.74) is 1.01. The predicted octanol–water partition coefficient (Wildman–Crippen LogP) is 7.94. The molecule has 0 saturated carbocycles. The molecule has 0 radical (unpaired) electrons. The van der Waals surface area contributed by atoms with E-state index in [2.05, 4.69) is 94.3 Å². The number of carbonyl (C=O) groups excluding carboxylic acids is 3. The predicted molar refractivity (Wildman–Crippen MR) is 192 cm³/mol. The Bertz CT molecular complexity index is 1250. The van der Waals surface area contributed by atoms with Gasteiger partial charge in [-0.05, 0) is 64.0 Å². The molecule has 9 nitrogen and oxygen atoms in total. The summed E-state index contributed by atoms with van der Waals surface area (Å²) in [5.74, 6) is 1.18. The fourth-order valence-corrected chi connectivity index (χ4v) is 7.75. The van der Waals surface area contributed by atoms with E-state index in [1.165, 1.54) is 0 Å². The highest BCUT2D eigenvalue weighted by Gasteiger charge is 2.42. The average molecular weight is 748 g/mol. The van der Waals surface area contributed by atoms with Crippen molar-refractivity contribution in [3.05, 3.63) is 22.8 Å². The van der Waals surface area contributed by atoms with Gasteiger partial charge in [0.25, 0.3) is 0 Å². The van der Waals surface area contributed by atoms with Crippen molar-refractivity contribution in [3.8, 4) is 11.5 Å². The Balaban J connectivity index is 2.73. The number of rotatable bonds is 6. The van der Waals surface area contributed by atoms with Crippen LogP contribution in [0.4, 0.5) is 4.79 Å². The molecule has 1 aromatic rings. The molecule has 1 aliphatic rings. The Hall–Kier alpha value is -1.71. The third-order valence-electron chi connectivity index (χ3n) is 8.64. The van der Waals surface area contributed by atoms with Gasteiger partial charge in [-0.15, -0.1) is 0 Å². The number of nitrogens with one attached hydrogen (secondary N) is 2. The zero-order valence-corrected chi connectivity index (χ0v) is 34.1. The van der Waals surface area contributed by atoms with Crippen LogP contribution in [0.5, 0.6) is 11.5 Å². The second kappa shape index (κ2) is 14.6. The number of amides is 2. The summed E-state index contributed by atoms with van der Waals surface area (Å²) >= 11 is 5.10. The molecule has 2 N–H and O–H groups in total. The topological polar surface area (TPSA) is 112 Å². The summed E-state index contributed by atoms with van der Waals surface area (Å²) < 4.78 is 25.0.